The van der Waals surface area contributed by atoms with Crippen LogP contribution in [0.3, 0.4) is 0 Å². The van der Waals surface area contributed by atoms with Crippen molar-refractivity contribution >= 4 is 22.8 Å². The Balaban J connectivity index is 0.0000174. The molecule has 0 fully saturated rings. The van der Waals surface area contributed by atoms with E-state index in [1.54, 1.807) is 0 Å². The third-order valence-corrected chi connectivity index (χ3v) is 11.8. The summed E-state index contributed by atoms with van der Waals surface area (Å²) in [5, 5.41) is 0. The van der Waals surface area contributed by atoms with Crippen LogP contribution >= 0.6 is 0 Å². The Labute approximate surface area is 377 Å². The number of rotatable bonds is 36. The molecule has 2 aromatic carbocycles. The first-order valence-electron chi connectivity index (χ1n) is 25.5. The van der Waals surface area contributed by atoms with Crippen LogP contribution in [-0.4, -0.2) is 11.4 Å². The standard InChI is InChI=1S/C56H92N2.Ni/c1-7-13-19-21-22-23-24-25-26-27-28-29-30-31-32-33-34-36-42-56(58-54-47-51(39-17-11-5)44-52(48-54)40-18-12-6)55(41-35-20-14-8-2)57-53-45-49(37-15-9-3)43-50(46-53)38-16-10-4;/h43-48H,7-35,37-41H2,1-6H3;. The summed E-state index contributed by atoms with van der Waals surface area (Å²) in [6.45, 7) is 13.8. The van der Waals surface area contributed by atoms with Gasteiger partial charge in [0.05, 0.1) is 17.1 Å². The van der Waals surface area contributed by atoms with Crippen LogP contribution in [0.15, 0.2) is 46.4 Å². The van der Waals surface area contributed by atoms with Crippen LogP contribution in [0.4, 0.5) is 11.4 Å². The summed E-state index contributed by atoms with van der Waals surface area (Å²) >= 11 is 0. The topological polar surface area (TPSA) is 24.7 Å². The van der Waals surface area contributed by atoms with Gasteiger partial charge in [0.2, 0.25) is 0 Å². The molecule has 0 radical (unpaired) electrons. The molecule has 59 heavy (non-hydrogen) atoms. The monoisotopic (exact) mass is 851 g/mol. The third-order valence-electron chi connectivity index (χ3n) is 11.8. The Kier molecular flexibility index (Phi) is 36.0. The molecule has 0 aliphatic heterocycles. The number of unbranched alkanes of at least 4 members (excludes halogenated alkanes) is 23. The van der Waals surface area contributed by atoms with Gasteiger partial charge in [0.1, 0.15) is 5.71 Å². The Bertz CT molecular complexity index is 1370. The molecule has 0 aliphatic carbocycles. The predicted molar refractivity (Wildman–Crippen MR) is 262 cm³/mol. The molecular weight excluding hydrogens is 759 g/mol. The Morgan fingerprint density at radius 1 is 0.373 bits per heavy atom. The molecule has 0 saturated carbocycles. The van der Waals surface area contributed by atoms with Gasteiger partial charge in [-0.1, -0.05) is 201 Å². The average molecular weight is 852 g/mol. The first-order chi connectivity index (χ1) is 28.6. The molecule has 2 nitrogen and oxygen atoms in total. The molecule has 0 spiro atoms. The SMILES string of the molecule is CCCCCCCCCCCCCCCCCCC#CC(=Nc1cc(CCCC)cc(CCCC)c1)C(CCCCCC)=Nc1cc(CCCC)cc(CCCC)c1.[Ni]. The van der Waals surface area contributed by atoms with E-state index >= 15 is 0 Å². The summed E-state index contributed by atoms with van der Waals surface area (Å²) in [7, 11) is 0. The van der Waals surface area contributed by atoms with Crippen molar-refractivity contribution in [3.63, 3.8) is 0 Å². The number of benzene rings is 2. The molecule has 2 aromatic rings. The zero-order chi connectivity index (χ0) is 41.7. The average Bonchev–Trinajstić information content (AvgIpc) is 3.23. The summed E-state index contributed by atoms with van der Waals surface area (Å²) in [4.78, 5) is 11.0. The maximum absolute atomic E-state index is 5.52. The molecule has 0 N–H and O–H groups in total. The Hall–Kier alpha value is -2.17. The molecule has 0 unspecified atom stereocenters. The van der Waals surface area contributed by atoms with Gasteiger partial charge < -0.3 is 0 Å². The number of nitrogens with zero attached hydrogens (tertiary/aromatic N) is 2. The van der Waals surface area contributed by atoms with Crippen molar-refractivity contribution in [2.24, 2.45) is 9.98 Å². The van der Waals surface area contributed by atoms with E-state index in [1.807, 2.05) is 0 Å². The van der Waals surface area contributed by atoms with Crippen LogP contribution in [0, 0.1) is 11.8 Å². The van der Waals surface area contributed by atoms with Gasteiger partial charge in [-0.25, -0.2) is 4.99 Å². The summed E-state index contributed by atoms with van der Waals surface area (Å²) in [5.41, 5.74) is 9.83. The van der Waals surface area contributed by atoms with E-state index in [9.17, 15) is 0 Å². The summed E-state index contributed by atoms with van der Waals surface area (Å²) in [6.07, 6.45) is 43.2. The number of hydrogen-bond donors (Lipinski definition) is 0. The molecule has 0 atom stereocenters. The van der Waals surface area contributed by atoms with Crippen LogP contribution in [0.1, 0.15) is 256 Å². The Morgan fingerprint density at radius 2 is 0.695 bits per heavy atom. The third kappa shape index (κ3) is 28.1. The molecule has 0 saturated heterocycles. The molecule has 0 amide bonds. The van der Waals surface area contributed by atoms with Crippen molar-refractivity contribution in [2.45, 2.75) is 260 Å². The predicted octanol–water partition coefficient (Wildman–Crippen LogP) is 18.5. The second-order valence-corrected chi connectivity index (χ2v) is 17.6. The van der Waals surface area contributed by atoms with Gasteiger partial charge in [0.25, 0.3) is 0 Å². The maximum atomic E-state index is 5.52. The van der Waals surface area contributed by atoms with Gasteiger partial charge in [0, 0.05) is 22.9 Å². The second kappa shape index (κ2) is 38.7. The fraction of sp³-hybridized carbons (Fsp3) is 0.714. The van der Waals surface area contributed by atoms with E-state index in [2.05, 4.69) is 89.8 Å². The fourth-order valence-corrected chi connectivity index (χ4v) is 8.02. The van der Waals surface area contributed by atoms with Crippen LogP contribution in [-0.2, 0) is 42.2 Å². The number of aliphatic imine (C=N–C) groups is 2. The van der Waals surface area contributed by atoms with Crippen molar-refractivity contribution in [3.05, 3.63) is 58.7 Å². The maximum Gasteiger partial charge on any atom is 0.135 e. The Morgan fingerprint density at radius 3 is 1.07 bits per heavy atom. The minimum absolute atomic E-state index is 0. The van der Waals surface area contributed by atoms with E-state index < -0.39 is 0 Å². The number of aryl methyl sites for hydroxylation is 4. The van der Waals surface area contributed by atoms with Crippen molar-refractivity contribution in [1.82, 2.24) is 0 Å². The molecule has 0 aliphatic rings. The summed E-state index contributed by atoms with van der Waals surface area (Å²) in [5.74, 6) is 7.31. The molecule has 0 aromatic heterocycles. The van der Waals surface area contributed by atoms with Crippen LogP contribution in [0.2, 0.25) is 0 Å². The van der Waals surface area contributed by atoms with Crippen molar-refractivity contribution in [2.75, 3.05) is 0 Å². The van der Waals surface area contributed by atoms with Crippen LogP contribution in [0.5, 0.6) is 0 Å². The van der Waals surface area contributed by atoms with Gasteiger partial charge in [-0.15, -0.1) is 0 Å². The summed E-state index contributed by atoms with van der Waals surface area (Å²) in [6, 6.07) is 14.3. The normalized spacial score (nSPS) is 11.8. The van der Waals surface area contributed by atoms with Crippen molar-refractivity contribution < 1.29 is 16.5 Å². The second-order valence-electron chi connectivity index (χ2n) is 17.6. The van der Waals surface area contributed by atoms with E-state index in [1.165, 1.54) is 196 Å². The zero-order valence-electron chi connectivity index (χ0n) is 39.7. The van der Waals surface area contributed by atoms with E-state index in [4.69, 9.17) is 9.98 Å². The molecule has 0 heterocycles. The van der Waals surface area contributed by atoms with Crippen molar-refractivity contribution in [1.29, 1.82) is 0 Å². The molecule has 0 bridgehead atoms. The van der Waals surface area contributed by atoms with Crippen LogP contribution in [0.25, 0.3) is 0 Å². The van der Waals surface area contributed by atoms with Gasteiger partial charge in [0.15, 0.2) is 0 Å². The van der Waals surface area contributed by atoms with Gasteiger partial charge in [-0.2, -0.15) is 0 Å². The van der Waals surface area contributed by atoms with E-state index in [0.717, 1.165) is 67.7 Å². The van der Waals surface area contributed by atoms with Crippen molar-refractivity contribution in [3.8, 4) is 11.8 Å². The molecular formula is C56H92N2Ni. The molecule has 3 heteroatoms. The molecule has 336 valence electrons. The van der Waals surface area contributed by atoms with E-state index in [-0.39, 0.29) is 16.5 Å². The fourth-order valence-electron chi connectivity index (χ4n) is 8.02. The van der Waals surface area contributed by atoms with Gasteiger partial charge in [-0.3, -0.25) is 4.99 Å². The molecule has 2 rings (SSSR count). The zero-order valence-corrected chi connectivity index (χ0v) is 40.7. The minimum atomic E-state index is 0. The quantitative estimate of drug-likeness (QED) is 0.0282. The largest absolute Gasteiger partial charge is 0.250 e. The first-order valence-corrected chi connectivity index (χ1v) is 25.5. The minimum Gasteiger partial charge on any atom is -0.250 e. The number of hydrogen-bond acceptors (Lipinski definition) is 2. The first kappa shape index (κ1) is 54.9. The van der Waals surface area contributed by atoms with Crippen LogP contribution < -0.4 is 0 Å². The summed E-state index contributed by atoms with van der Waals surface area (Å²) < 4.78 is 0. The smallest absolute Gasteiger partial charge is 0.135 e. The van der Waals surface area contributed by atoms with Gasteiger partial charge >= 0.3 is 0 Å². The van der Waals surface area contributed by atoms with E-state index in [0.29, 0.717) is 0 Å². The van der Waals surface area contributed by atoms with Gasteiger partial charge in [-0.05, 0) is 123 Å².